The number of hydrogen-bond donors (Lipinski definition) is 3. The van der Waals surface area contributed by atoms with Crippen molar-refractivity contribution >= 4 is 24.0 Å². The molecule has 152 valence electrons. The first-order valence-electron chi connectivity index (χ1n) is 8.93. The molecule has 0 heterocycles. The van der Waals surface area contributed by atoms with Crippen molar-refractivity contribution < 1.29 is 24.3 Å². The second-order valence-electron chi connectivity index (χ2n) is 7.01. The van der Waals surface area contributed by atoms with Gasteiger partial charge in [-0.15, -0.1) is 0 Å². The van der Waals surface area contributed by atoms with E-state index < -0.39 is 5.41 Å². The van der Waals surface area contributed by atoms with E-state index in [1.165, 1.54) is 23.3 Å². The third kappa shape index (κ3) is 13.4. The van der Waals surface area contributed by atoms with Crippen molar-refractivity contribution in [3.05, 3.63) is 24.4 Å². The number of nitrogens with one attached hydrogen (secondary N) is 2. The van der Waals surface area contributed by atoms with Crippen LogP contribution in [0.3, 0.4) is 0 Å². The van der Waals surface area contributed by atoms with E-state index in [4.69, 9.17) is 5.11 Å². The van der Waals surface area contributed by atoms with Gasteiger partial charge in [0.1, 0.15) is 6.29 Å². The van der Waals surface area contributed by atoms with Crippen molar-refractivity contribution in [1.29, 1.82) is 0 Å². The zero-order valence-corrected chi connectivity index (χ0v) is 16.4. The normalized spacial score (nSPS) is 11.6. The van der Waals surface area contributed by atoms with E-state index in [2.05, 4.69) is 10.6 Å². The molecule has 0 aromatic carbocycles. The van der Waals surface area contributed by atoms with Crippen molar-refractivity contribution in [3.8, 4) is 0 Å². The van der Waals surface area contributed by atoms with Crippen molar-refractivity contribution in [2.24, 2.45) is 5.41 Å². The monoisotopic (exact) mass is 381 g/mol. The number of carbonyl (C=O) groups is 4. The number of likely N-dealkylation sites (N-methyl/N-ethyl adjacent to an activating group) is 1. The van der Waals surface area contributed by atoms with Gasteiger partial charge in [-0.25, -0.2) is 0 Å². The first kappa shape index (κ1) is 24.5. The second-order valence-corrected chi connectivity index (χ2v) is 7.01. The van der Waals surface area contributed by atoms with Crippen LogP contribution in [0.1, 0.15) is 39.5 Å². The molecule has 8 nitrogen and oxygen atoms in total. The van der Waals surface area contributed by atoms with Gasteiger partial charge in [-0.3, -0.25) is 19.2 Å². The van der Waals surface area contributed by atoms with E-state index in [1.807, 2.05) is 0 Å². The maximum Gasteiger partial charge on any atom is 0.246 e. The number of allylic oxidation sites excluding steroid dienone is 1. The highest BCUT2D eigenvalue weighted by Gasteiger charge is 2.20. The van der Waals surface area contributed by atoms with Crippen LogP contribution in [-0.4, -0.2) is 60.8 Å². The summed E-state index contributed by atoms with van der Waals surface area (Å²) in [7, 11) is 1.67. The molecule has 0 fully saturated rings. The lowest BCUT2D eigenvalue weighted by Gasteiger charge is -2.19. The molecular weight excluding hydrogens is 350 g/mol. The quantitative estimate of drug-likeness (QED) is 0.244. The Morgan fingerprint density at radius 2 is 1.81 bits per heavy atom. The van der Waals surface area contributed by atoms with E-state index in [9.17, 15) is 19.2 Å². The molecule has 0 unspecified atom stereocenters. The molecular formula is C19H31N3O5. The topological polar surface area (TPSA) is 116 Å². The van der Waals surface area contributed by atoms with Crippen molar-refractivity contribution in [1.82, 2.24) is 15.5 Å². The van der Waals surface area contributed by atoms with Gasteiger partial charge in [-0.2, -0.15) is 0 Å². The molecule has 8 heteroatoms. The predicted molar refractivity (Wildman–Crippen MR) is 102 cm³/mol. The molecule has 0 aliphatic carbocycles. The summed E-state index contributed by atoms with van der Waals surface area (Å²) >= 11 is 0. The molecule has 0 saturated carbocycles. The number of amides is 3. The van der Waals surface area contributed by atoms with Crippen LogP contribution < -0.4 is 10.6 Å². The van der Waals surface area contributed by atoms with E-state index in [0.717, 1.165) is 25.3 Å². The summed E-state index contributed by atoms with van der Waals surface area (Å²) in [6, 6.07) is 0. The molecule has 3 amide bonds. The Morgan fingerprint density at radius 3 is 2.44 bits per heavy atom. The fourth-order valence-electron chi connectivity index (χ4n) is 2.03. The number of hydrogen-bond acceptors (Lipinski definition) is 5. The van der Waals surface area contributed by atoms with Crippen LogP contribution in [0.2, 0.25) is 0 Å². The molecule has 0 aliphatic heterocycles. The van der Waals surface area contributed by atoms with Gasteiger partial charge in [-0.1, -0.05) is 13.8 Å². The van der Waals surface area contributed by atoms with Gasteiger partial charge in [0.15, 0.2) is 0 Å². The number of aliphatic hydroxyl groups is 1. The molecule has 0 saturated heterocycles. The zero-order chi connectivity index (χ0) is 20.7. The van der Waals surface area contributed by atoms with Crippen LogP contribution in [0.5, 0.6) is 0 Å². The first-order chi connectivity index (χ1) is 12.7. The maximum atomic E-state index is 11.6. The minimum absolute atomic E-state index is 0.0932. The Hall–Kier alpha value is -2.48. The highest BCUT2D eigenvalue weighted by atomic mass is 16.3. The Bertz CT molecular complexity index is 556. The largest absolute Gasteiger partial charge is 0.396 e. The van der Waals surface area contributed by atoms with Crippen molar-refractivity contribution in [3.63, 3.8) is 0 Å². The summed E-state index contributed by atoms with van der Waals surface area (Å²) in [5.74, 6) is -0.785. The van der Waals surface area contributed by atoms with Gasteiger partial charge in [0.2, 0.25) is 17.7 Å². The van der Waals surface area contributed by atoms with E-state index in [-0.39, 0.29) is 30.7 Å². The maximum absolute atomic E-state index is 11.6. The molecule has 0 radical (unpaired) electrons. The number of carbonyl (C=O) groups excluding carboxylic acids is 4. The third-order valence-corrected chi connectivity index (χ3v) is 3.71. The van der Waals surface area contributed by atoms with Gasteiger partial charge in [0, 0.05) is 51.5 Å². The Morgan fingerprint density at radius 1 is 1.11 bits per heavy atom. The number of aldehydes is 1. The molecule has 0 aromatic heterocycles. The van der Waals surface area contributed by atoms with Crippen molar-refractivity contribution in [2.75, 3.05) is 26.7 Å². The SMILES string of the molecule is CN(CCCCCNC(=O)/C=C/NC(=O)CC(C)(C)CO)C(=O)/C=C\C=O. The summed E-state index contributed by atoms with van der Waals surface area (Å²) in [6.45, 7) is 4.53. The van der Waals surface area contributed by atoms with Crippen LogP contribution in [0, 0.1) is 5.41 Å². The number of rotatable bonds is 13. The average molecular weight is 381 g/mol. The molecule has 27 heavy (non-hydrogen) atoms. The Labute approximate surface area is 160 Å². The standard InChI is InChI=1S/C19H31N3O5/c1-19(2,15-24)14-17(26)21-11-9-16(25)20-10-5-4-6-12-22(3)18(27)8-7-13-23/h7-9,11,13,24H,4-6,10,12,14-15H2,1-3H3,(H,20,25)(H,21,26)/b8-7-,11-9+. The smallest absolute Gasteiger partial charge is 0.246 e. The fraction of sp³-hybridized carbons (Fsp3) is 0.579. The zero-order valence-electron chi connectivity index (χ0n) is 16.4. The Balaban J connectivity index is 3.83. The number of aliphatic hydroxyl groups excluding tert-OH is 1. The summed E-state index contributed by atoms with van der Waals surface area (Å²) in [5, 5.41) is 14.3. The summed E-state index contributed by atoms with van der Waals surface area (Å²) in [6.07, 6.45) is 8.05. The lowest BCUT2D eigenvalue weighted by Crippen LogP contribution is -2.28. The molecule has 0 rings (SSSR count). The van der Waals surface area contributed by atoms with Crippen molar-refractivity contribution in [2.45, 2.75) is 39.5 Å². The Kier molecular flexibility index (Phi) is 12.4. The first-order valence-corrected chi connectivity index (χ1v) is 8.93. The van der Waals surface area contributed by atoms with Crippen LogP contribution in [0.4, 0.5) is 0 Å². The summed E-state index contributed by atoms with van der Waals surface area (Å²) in [5.41, 5.74) is -0.496. The molecule has 0 spiro atoms. The minimum Gasteiger partial charge on any atom is -0.396 e. The van der Waals surface area contributed by atoms with Gasteiger partial charge < -0.3 is 20.6 Å². The molecule has 0 bridgehead atoms. The lowest BCUT2D eigenvalue weighted by atomic mass is 9.90. The number of nitrogens with zero attached hydrogens (tertiary/aromatic N) is 1. The fourth-order valence-corrected chi connectivity index (χ4v) is 2.03. The van der Waals surface area contributed by atoms with Gasteiger partial charge in [0.05, 0.1) is 0 Å². The second kappa shape index (κ2) is 13.7. The predicted octanol–water partition coefficient (Wildman–Crippen LogP) is 0.525. The highest BCUT2D eigenvalue weighted by Crippen LogP contribution is 2.18. The lowest BCUT2D eigenvalue weighted by molar-refractivity contribution is -0.125. The molecule has 0 aromatic rings. The summed E-state index contributed by atoms with van der Waals surface area (Å²) in [4.78, 5) is 46.5. The van der Waals surface area contributed by atoms with Gasteiger partial charge in [-0.05, 0) is 30.8 Å². The van der Waals surface area contributed by atoms with Crippen LogP contribution in [0.15, 0.2) is 24.4 Å². The molecule has 3 N–H and O–H groups in total. The van der Waals surface area contributed by atoms with E-state index in [0.29, 0.717) is 19.4 Å². The molecule has 0 atom stereocenters. The minimum atomic E-state index is -0.496. The molecule has 0 aliphatic rings. The van der Waals surface area contributed by atoms with Crippen LogP contribution in [-0.2, 0) is 19.2 Å². The van der Waals surface area contributed by atoms with E-state index in [1.54, 1.807) is 20.9 Å². The highest BCUT2D eigenvalue weighted by molar-refractivity contribution is 5.90. The van der Waals surface area contributed by atoms with E-state index >= 15 is 0 Å². The number of unbranched alkanes of at least 4 members (excludes halogenated alkanes) is 2. The third-order valence-electron chi connectivity index (χ3n) is 3.71. The average Bonchev–Trinajstić information content (AvgIpc) is 2.61. The van der Waals surface area contributed by atoms with Crippen LogP contribution in [0.25, 0.3) is 0 Å². The van der Waals surface area contributed by atoms with Gasteiger partial charge >= 0.3 is 0 Å². The van der Waals surface area contributed by atoms with Crippen LogP contribution >= 0.6 is 0 Å². The summed E-state index contributed by atoms with van der Waals surface area (Å²) < 4.78 is 0. The van der Waals surface area contributed by atoms with Gasteiger partial charge in [0.25, 0.3) is 0 Å².